The first-order chi connectivity index (χ1) is 16.7. The third kappa shape index (κ3) is 4.21. The average Bonchev–Trinajstić information content (AvgIpc) is 3.21. The van der Waals surface area contributed by atoms with Crippen molar-refractivity contribution >= 4 is 29.1 Å². The summed E-state index contributed by atoms with van der Waals surface area (Å²) in [6, 6.07) is 11.2. The molecule has 5 rings (SSSR count). The van der Waals surface area contributed by atoms with Crippen molar-refractivity contribution in [3.8, 4) is 34.6 Å². The van der Waals surface area contributed by atoms with Crippen molar-refractivity contribution in [2.75, 3.05) is 25.5 Å². The van der Waals surface area contributed by atoms with E-state index >= 15 is 0 Å². The summed E-state index contributed by atoms with van der Waals surface area (Å²) in [7, 11) is 3.25. The van der Waals surface area contributed by atoms with E-state index in [1.165, 1.54) is 19.3 Å². The zero-order chi connectivity index (χ0) is 23.5. The minimum Gasteiger partial charge on any atom is -0.494 e. The van der Waals surface area contributed by atoms with Crippen molar-refractivity contribution in [1.82, 2.24) is 24.5 Å². The molecular weight excluding hydrogens is 452 g/mol. The number of para-hydroxylation sites is 1. The lowest BCUT2D eigenvalue weighted by atomic mass is 10.0. The lowest BCUT2D eigenvalue weighted by Gasteiger charge is -2.24. The Balaban J connectivity index is 1.71. The zero-order valence-corrected chi connectivity index (χ0v) is 20.1. The molecule has 3 aromatic heterocycles. The van der Waals surface area contributed by atoms with Crippen LogP contribution in [0, 0.1) is 0 Å². The number of ether oxygens (including phenoxy) is 3. The van der Waals surface area contributed by atoms with E-state index in [-0.39, 0.29) is 0 Å². The van der Waals surface area contributed by atoms with Gasteiger partial charge in [-0.05, 0) is 49.9 Å². The molecule has 10 heteroatoms. The van der Waals surface area contributed by atoms with Gasteiger partial charge in [0, 0.05) is 11.3 Å². The second kappa shape index (κ2) is 9.76. The van der Waals surface area contributed by atoms with Gasteiger partial charge in [-0.2, -0.15) is 0 Å². The highest BCUT2D eigenvalue weighted by Gasteiger charge is 2.24. The van der Waals surface area contributed by atoms with E-state index in [4.69, 9.17) is 24.2 Å². The van der Waals surface area contributed by atoms with Gasteiger partial charge in [-0.3, -0.25) is 4.57 Å². The molecule has 1 fully saturated rings. The number of nitrogens with one attached hydrogen (secondary N) is 1. The fraction of sp³-hybridized carbons (Fsp3) is 0.333. The molecule has 0 radical (unpaired) electrons. The molecular formula is C24H26N6O3S. The molecule has 0 unspecified atom stereocenters. The van der Waals surface area contributed by atoms with E-state index in [0.717, 1.165) is 0 Å². The van der Waals surface area contributed by atoms with Crippen LogP contribution in [-0.4, -0.2) is 50.6 Å². The molecule has 0 aliphatic heterocycles. The van der Waals surface area contributed by atoms with Crippen molar-refractivity contribution in [2.24, 2.45) is 0 Å². The number of hydrogen-bond donors (Lipinski definition) is 1. The summed E-state index contributed by atoms with van der Waals surface area (Å²) in [6.07, 6.45) is 5.42. The van der Waals surface area contributed by atoms with Gasteiger partial charge in [0.25, 0.3) is 0 Å². The molecule has 4 aromatic rings. The molecule has 0 spiro atoms. The van der Waals surface area contributed by atoms with Crippen molar-refractivity contribution in [1.29, 1.82) is 0 Å². The summed E-state index contributed by atoms with van der Waals surface area (Å²) in [5, 5.41) is 0.609. The van der Waals surface area contributed by atoms with Crippen LogP contribution >= 0.6 is 11.9 Å². The number of hydrogen-bond acceptors (Lipinski definition) is 9. The van der Waals surface area contributed by atoms with Gasteiger partial charge >= 0.3 is 0 Å². The van der Waals surface area contributed by atoms with Crippen LogP contribution in [0.5, 0.6) is 17.4 Å². The molecule has 9 nitrogen and oxygen atoms in total. The minimum atomic E-state index is 0.491. The monoisotopic (exact) mass is 478 g/mol. The quantitative estimate of drug-likeness (QED) is 0.337. The standard InChI is InChI=1S/C24H26N6O3S/c1-4-33-20-13-6-10-16(26-20)23-28-22-24(27-19(14-25-22)29-34-15-8-5-9-15)30(23)21-17(31-2)11-7-12-18(21)32-3/h6-7,10-15H,4-5,8-9H2,1-3H3,(H,27,29). The predicted molar refractivity (Wildman–Crippen MR) is 133 cm³/mol. The zero-order valence-electron chi connectivity index (χ0n) is 19.3. The molecule has 0 atom stereocenters. The van der Waals surface area contributed by atoms with Gasteiger partial charge in [0.1, 0.15) is 22.9 Å². The van der Waals surface area contributed by atoms with Crippen LogP contribution < -0.4 is 18.9 Å². The van der Waals surface area contributed by atoms with Crippen molar-refractivity contribution < 1.29 is 14.2 Å². The lowest BCUT2D eigenvalue weighted by Crippen LogP contribution is -2.15. The van der Waals surface area contributed by atoms with E-state index in [0.29, 0.717) is 63.6 Å². The fourth-order valence-corrected chi connectivity index (χ4v) is 4.69. The third-order valence-corrected chi connectivity index (χ3v) is 6.76. The first kappa shape index (κ1) is 22.3. The van der Waals surface area contributed by atoms with Crippen LogP contribution in [0.25, 0.3) is 28.5 Å². The Hall–Kier alpha value is -3.53. The maximum atomic E-state index is 5.70. The average molecular weight is 479 g/mol. The van der Waals surface area contributed by atoms with Gasteiger partial charge < -0.3 is 18.9 Å². The molecule has 34 heavy (non-hydrogen) atoms. The van der Waals surface area contributed by atoms with E-state index < -0.39 is 0 Å². The Morgan fingerprint density at radius 1 is 1.03 bits per heavy atom. The normalized spacial score (nSPS) is 13.5. The number of fused-ring (bicyclic) bond motifs is 1. The Bertz CT molecular complexity index is 1290. The lowest BCUT2D eigenvalue weighted by molar-refractivity contribution is 0.327. The molecule has 1 aliphatic carbocycles. The first-order valence-corrected chi connectivity index (χ1v) is 12.1. The maximum absolute atomic E-state index is 5.70. The number of imidazole rings is 1. The summed E-state index contributed by atoms with van der Waals surface area (Å²) in [4.78, 5) is 18.9. The smallest absolute Gasteiger partial charge is 0.213 e. The number of rotatable bonds is 9. The number of benzene rings is 1. The van der Waals surface area contributed by atoms with E-state index in [1.807, 2.05) is 47.9 Å². The van der Waals surface area contributed by atoms with Gasteiger partial charge in [0.05, 0.1) is 27.0 Å². The van der Waals surface area contributed by atoms with Gasteiger partial charge in [-0.1, -0.05) is 18.6 Å². The van der Waals surface area contributed by atoms with Crippen LogP contribution in [0.2, 0.25) is 0 Å². The molecule has 0 saturated heterocycles. The van der Waals surface area contributed by atoms with Gasteiger partial charge in [-0.25, -0.2) is 19.9 Å². The Labute approximate surface area is 202 Å². The Kier molecular flexibility index (Phi) is 6.39. The van der Waals surface area contributed by atoms with Crippen LogP contribution in [-0.2, 0) is 0 Å². The molecule has 1 saturated carbocycles. The van der Waals surface area contributed by atoms with Crippen molar-refractivity contribution in [2.45, 2.75) is 31.4 Å². The van der Waals surface area contributed by atoms with E-state index in [2.05, 4.69) is 14.7 Å². The highest BCUT2D eigenvalue weighted by atomic mass is 32.2. The number of anilines is 1. The Morgan fingerprint density at radius 3 is 2.47 bits per heavy atom. The number of pyridine rings is 1. The van der Waals surface area contributed by atoms with Crippen LogP contribution in [0.15, 0.2) is 42.6 Å². The minimum absolute atomic E-state index is 0.491. The van der Waals surface area contributed by atoms with E-state index in [9.17, 15) is 0 Å². The first-order valence-electron chi connectivity index (χ1n) is 11.2. The van der Waals surface area contributed by atoms with Crippen molar-refractivity contribution in [3.05, 3.63) is 42.6 Å². The van der Waals surface area contributed by atoms with Gasteiger partial charge in [-0.15, -0.1) is 0 Å². The molecule has 1 N–H and O–H groups in total. The largest absolute Gasteiger partial charge is 0.494 e. The fourth-order valence-electron chi connectivity index (χ4n) is 3.74. The number of nitrogens with zero attached hydrogens (tertiary/aromatic N) is 5. The maximum Gasteiger partial charge on any atom is 0.213 e. The molecule has 0 amide bonds. The highest BCUT2D eigenvalue weighted by molar-refractivity contribution is 8.01. The molecule has 0 bridgehead atoms. The summed E-state index contributed by atoms with van der Waals surface area (Å²) < 4.78 is 22.3. The van der Waals surface area contributed by atoms with Crippen LogP contribution in [0.1, 0.15) is 26.2 Å². The summed E-state index contributed by atoms with van der Waals surface area (Å²) in [5.74, 6) is 2.98. The SMILES string of the molecule is CCOc1cccc(-c2nc3ncc(NSC4CCC4)nc3n2-c2c(OC)cccc2OC)n1. The number of aromatic nitrogens is 5. The number of methoxy groups -OCH3 is 2. The topological polar surface area (TPSA) is 96.2 Å². The third-order valence-electron chi connectivity index (χ3n) is 5.62. The molecule has 3 heterocycles. The van der Waals surface area contributed by atoms with Crippen LogP contribution in [0.3, 0.4) is 0 Å². The second-order valence-electron chi connectivity index (χ2n) is 7.75. The molecule has 1 aliphatic rings. The van der Waals surface area contributed by atoms with Crippen molar-refractivity contribution in [3.63, 3.8) is 0 Å². The van der Waals surface area contributed by atoms with E-state index in [1.54, 1.807) is 32.4 Å². The van der Waals surface area contributed by atoms with Gasteiger partial charge in [0.15, 0.2) is 22.9 Å². The Morgan fingerprint density at radius 2 is 1.79 bits per heavy atom. The molecule has 1 aromatic carbocycles. The summed E-state index contributed by atoms with van der Waals surface area (Å²) in [6.45, 7) is 2.44. The summed E-state index contributed by atoms with van der Waals surface area (Å²) >= 11 is 1.69. The predicted octanol–water partition coefficient (Wildman–Crippen LogP) is 4.91. The second-order valence-corrected chi connectivity index (χ2v) is 8.86. The van der Waals surface area contributed by atoms with Crippen LogP contribution in [0.4, 0.5) is 5.82 Å². The summed E-state index contributed by atoms with van der Waals surface area (Å²) in [5.41, 5.74) is 2.36. The molecule has 176 valence electrons. The highest BCUT2D eigenvalue weighted by Crippen LogP contribution is 2.38. The van der Waals surface area contributed by atoms with Gasteiger partial charge in [0.2, 0.25) is 5.88 Å².